The maximum Gasteiger partial charge on any atom is 0.307 e. The summed E-state index contributed by atoms with van der Waals surface area (Å²) >= 11 is 0. The number of ether oxygens (including phenoxy) is 4. The summed E-state index contributed by atoms with van der Waals surface area (Å²) in [5.74, 6) is -0.508. The van der Waals surface area contributed by atoms with Crippen molar-refractivity contribution in [2.75, 3.05) is 34.0 Å². The van der Waals surface area contributed by atoms with Gasteiger partial charge in [-0.2, -0.15) is 0 Å². The van der Waals surface area contributed by atoms with Gasteiger partial charge in [-0.25, -0.2) is 0 Å². The first-order chi connectivity index (χ1) is 8.97. The summed E-state index contributed by atoms with van der Waals surface area (Å²) in [5.41, 5.74) is 0. The summed E-state index contributed by atoms with van der Waals surface area (Å²) in [4.78, 5) is 20.7. The first-order valence-corrected chi connectivity index (χ1v) is 5.89. The summed E-state index contributed by atoms with van der Waals surface area (Å²) in [6.07, 6.45) is 1.82. The van der Waals surface area contributed by atoms with Gasteiger partial charge in [0.2, 0.25) is 0 Å². The third kappa shape index (κ3) is 19.1. The summed E-state index contributed by atoms with van der Waals surface area (Å²) < 4.78 is 18.8. The fourth-order valence-corrected chi connectivity index (χ4v) is 0.922. The average molecular weight is 276 g/mol. The summed E-state index contributed by atoms with van der Waals surface area (Å²) in [5, 5.41) is 0. The fraction of sp³-hybridized carbons (Fsp3) is 0.692. The van der Waals surface area contributed by atoms with Crippen molar-refractivity contribution in [1.29, 1.82) is 0 Å². The molecule has 0 aliphatic rings. The molecule has 0 saturated carbocycles. The number of hydrogen-bond acceptors (Lipinski definition) is 6. The molecule has 0 spiro atoms. The molecule has 0 radical (unpaired) electrons. The Hall–Kier alpha value is -1.40. The standard InChI is InChI=1S/C8H14O3.C5H10O3/c1-4-5-10-6-7(2)11-8(3)9;1-7-4-3-5(6)8-2/h4,7H,1,5-6H2,2-3H3;3-4H2,1-2H3. The molecule has 0 bridgehead atoms. The molecule has 0 rings (SSSR count). The van der Waals surface area contributed by atoms with Crippen molar-refractivity contribution >= 4 is 11.9 Å². The van der Waals surface area contributed by atoms with Crippen LogP contribution in [0, 0.1) is 0 Å². The molecule has 1 atom stereocenters. The quantitative estimate of drug-likeness (QED) is 0.378. The van der Waals surface area contributed by atoms with E-state index >= 15 is 0 Å². The Bertz CT molecular complexity index is 252. The minimum Gasteiger partial charge on any atom is -0.469 e. The van der Waals surface area contributed by atoms with E-state index in [1.54, 1.807) is 20.1 Å². The van der Waals surface area contributed by atoms with Gasteiger partial charge >= 0.3 is 11.9 Å². The molecule has 6 heteroatoms. The molecular formula is C13H24O6. The van der Waals surface area contributed by atoms with E-state index < -0.39 is 0 Å². The Balaban J connectivity index is 0. The van der Waals surface area contributed by atoms with Crippen LogP contribution in [0.1, 0.15) is 20.3 Å². The van der Waals surface area contributed by atoms with Gasteiger partial charge in [-0.15, -0.1) is 6.58 Å². The van der Waals surface area contributed by atoms with Crippen LogP contribution in [0.2, 0.25) is 0 Å². The van der Waals surface area contributed by atoms with Crippen LogP contribution in [-0.4, -0.2) is 52.1 Å². The minimum atomic E-state index is -0.278. The molecule has 112 valence electrons. The molecule has 0 fully saturated rings. The van der Waals surface area contributed by atoms with Crippen LogP contribution in [-0.2, 0) is 28.5 Å². The molecule has 6 nitrogen and oxygen atoms in total. The summed E-state index contributed by atoms with van der Waals surface area (Å²) in [6, 6.07) is 0. The lowest BCUT2D eigenvalue weighted by Crippen LogP contribution is -2.18. The number of carbonyl (C=O) groups is 2. The maximum absolute atomic E-state index is 10.4. The van der Waals surface area contributed by atoms with E-state index in [-0.39, 0.29) is 18.0 Å². The third-order valence-electron chi connectivity index (χ3n) is 1.69. The van der Waals surface area contributed by atoms with Gasteiger partial charge in [0.15, 0.2) is 0 Å². The van der Waals surface area contributed by atoms with Gasteiger partial charge in [-0.05, 0) is 6.92 Å². The Morgan fingerprint density at radius 1 is 1.32 bits per heavy atom. The van der Waals surface area contributed by atoms with Gasteiger partial charge in [0.25, 0.3) is 0 Å². The molecule has 19 heavy (non-hydrogen) atoms. The zero-order valence-corrected chi connectivity index (χ0v) is 12.1. The predicted octanol–water partition coefficient (Wildman–Crippen LogP) is 1.34. The topological polar surface area (TPSA) is 71.1 Å². The molecule has 0 heterocycles. The first-order valence-electron chi connectivity index (χ1n) is 5.89. The number of esters is 2. The molecule has 1 unspecified atom stereocenters. The second-order valence-electron chi connectivity index (χ2n) is 3.57. The van der Waals surface area contributed by atoms with Gasteiger partial charge in [-0.1, -0.05) is 6.08 Å². The molecular weight excluding hydrogens is 252 g/mol. The van der Waals surface area contributed by atoms with Gasteiger partial charge in [0.1, 0.15) is 6.10 Å². The van der Waals surface area contributed by atoms with Crippen molar-refractivity contribution in [2.45, 2.75) is 26.4 Å². The van der Waals surface area contributed by atoms with Crippen LogP contribution in [0.25, 0.3) is 0 Å². The number of hydrogen-bond donors (Lipinski definition) is 0. The van der Waals surface area contributed by atoms with Crippen molar-refractivity contribution in [3.05, 3.63) is 12.7 Å². The Labute approximate surface area is 114 Å². The van der Waals surface area contributed by atoms with Gasteiger partial charge in [0, 0.05) is 14.0 Å². The van der Waals surface area contributed by atoms with Crippen LogP contribution < -0.4 is 0 Å². The van der Waals surface area contributed by atoms with Crippen LogP contribution in [0.5, 0.6) is 0 Å². The maximum atomic E-state index is 10.4. The van der Waals surface area contributed by atoms with E-state index in [1.807, 2.05) is 0 Å². The second kappa shape index (κ2) is 14.7. The van der Waals surface area contributed by atoms with Crippen LogP contribution in [0.15, 0.2) is 12.7 Å². The van der Waals surface area contributed by atoms with E-state index in [0.29, 0.717) is 26.2 Å². The zero-order valence-electron chi connectivity index (χ0n) is 12.1. The molecule has 0 aromatic heterocycles. The van der Waals surface area contributed by atoms with E-state index in [2.05, 4.69) is 16.1 Å². The minimum absolute atomic E-state index is 0.174. The van der Waals surface area contributed by atoms with Gasteiger partial charge in [0.05, 0.1) is 33.4 Å². The monoisotopic (exact) mass is 276 g/mol. The van der Waals surface area contributed by atoms with E-state index in [9.17, 15) is 9.59 Å². The first kappa shape index (κ1) is 19.9. The van der Waals surface area contributed by atoms with E-state index in [4.69, 9.17) is 9.47 Å². The van der Waals surface area contributed by atoms with Crippen molar-refractivity contribution < 1.29 is 28.5 Å². The molecule has 0 aromatic carbocycles. The van der Waals surface area contributed by atoms with Crippen molar-refractivity contribution in [3.8, 4) is 0 Å². The Morgan fingerprint density at radius 2 is 1.95 bits per heavy atom. The fourth-order valence-electron chi connectivity index (χ4n) is 0.922. The number of carbonyl (C=O) groups excluding carboxylic acids is 2. The molecule has 0 saturated heterocycles. The van der Waals surface area contributed by atoms with E-state index in [0.717, 1.165) is 0 Å². The summed E-state index contributed by atoms with van der Waals surface area (Å²) in [7, 11) is 2.90. The highest BCUT2D eigenvalue weighted by Gasteiger charge is 2.03. The smallest absolute Gasteiger partial charge is 0.307 e. The second-order valence-corrected chi connectivity index (χ2v) is 3.57. The highest BCUT2D eigenvalue weighted by molar-refractivity contribution is 5.69. The van der Waals surface area contributed by atoms with Crippen LogP contribution in [0.4, 0.5) is 0 Å². The van der Waals surface area contributed by atoms with Crippen LogP contribution >= 0.6 is 0 Å². The van der Waals surface area contributed by atoms with E-state index in [1.165, 1.54) is 14.0 Å². The largest absolute Gasteiger partial charge is 0.469 e. The molecule has 0 aliphatic heterocycles. The molecule has 0 aliphatic carbocycles. The lowest BCUT2D eigenvalue weighted by atomic mass is 10.4. The Morgan fingerprint density at radius 3 is 2.37 bits per heavy atom. The van der Waals surface area contributed by atoms with Gasteiger partial charge in [-0.3, -0.25) is 9.59 Å². The molecule has 0 N–H and O–H groups in total. The zero-order chi connectivity index (χ0) is 15.1. The lowest BCUT2D eigenvalue weighted by Gasteiger charge is -2.10. The van der Waals surface area contributed by atoms with Crippen molar-refractivity contribution in [2.24, 2.45) is 0 Å². The van der Waals surface area contributed by atoms with Crippen LogP contribution in [0.3, 0.4) is 0 Å². The highest BCUT2D eigenvalue weighted by atomic mass is 16.6. The predicted molar refractivity (Wildman–Crippen MR) is 70.8 cm³/mol. The normalized spacial score (nSPS) is 10.7. The third-order valence-corrected chi connectivity index (χ3v) is 1.69. The molecule has 0 aromatic rings. The highest BCUT2D eigenvalue weighted by Crippen LogP contribution is 1.92. The van der Waals surface area contributed by atoms with Gasteiger partial charge < -0.3 is 18.9 Å². The summed E-state index contributed by atoms with van der Waals surface area (Å²) in [6.45, 7) is 8.00. The van der Waals surface area contributed by atoms with Crippen molar-refractivity contribution in [1.82, 2.24) is 0 Å². The average Bonchev–Trinajstić information content (AvgIpc) is 2.36. The van der Waals surface area contributed by atoms with Crippen molar-refractivity contribution in [3.63, 3.8) is 0 Å². The SMILES string of the molecule is C=CCOCC(C)OC(C)=O.COCCC(=O)OC. The number of methoxy groups -OCH3 is 2. The lowest BCUT2D eigenvalue weighted by molar-refractivity contribution is -0.148. The number of rotatable bonds is 8. The molecule has 0 amide bonds. The Kier molecular flexibility index (Phi) is 15.4.